The van der Waals surface area contributed by atoms with Crippen LogP contribution >= 0.6 is 11.6 Å². The molecule has 0 spiro atoms. The highest BCUT2D eigenvalue weighted by Gasteiger charge is 2.13. The summed E-state index contributed by atoms with van der Waals surface area (Å²) in [6.45, 7) is 0. The van der Waals surface area contributed by atoms with Gasteiger partial charge in [-0.3, -0.25) is 4.79 Å². The Morgan fingerprint density at radius 1 is 1.05 bits per heavy atom. The fourth-order valence-corrected chi connectivity index (χ4v) is 2.19. The van der Waals surface area contributed by atoms with Gasteiger partial charge in [0, 0.05) is 22.3 Å². The van der Waals surface area contributed by atoms with E-state index in [1.54, 1.807) is 28.8 Å². The van der Waals surface area contributed by atoms with Gasteiger partial charge in [0.2, 0.25) is 5.78 Å². The number of hydrogen-bond acceptors (Lipinski definition) is 1. The highest BCUT2D eigenvalue weighted by molar-refractivity contribution is 6.30. The Morgan fingerprint density at radius 2 is 1.79 bits per heavy atom. The van der Waals surface area contributed by atoms with E-state index in [-0.39, 0.29) is 11.6 Å². The van der Waals surface area contributed by atoms with Crippen LogP contribution in [0.4, 0.5) is 4.39 Å². The van der Waals surface area contributed by atoms with Crippen molar-refractivity contribution in [2.24, 2.45) is 0 Å². The SMILES string of the molecule is O=C(c1ccc(F)cc1)c1ccc2cc(Cl)ccn12. The third-order valence-electron chi connectivity index (χ3n) is 2.96. The molecule has 0 atom stereocenters. The van der Waals surface area contributed by atoms with Gasteiger partial charge in [-0.05, 0) is 48.5 Å². The molecule has 0 aliphatic heterocycles. The van der Waals surface area contributed by atoms with Crippen molar-refractivity contribution >= 4 is 22.9 Å². The molecule has 3 aromatic rings. The van der Waals surface area contributed by atoms with Gasteiger partial charge in [-0.25, -0.2) is 4.39 Å². The fourth-order valence-electron chi connectivity index (χ4n) is 2.02. The van der Waals surface area contributed by atoms with E-state index in [4.69, 9.17) is 11.6 Å². The molecule has 94 valence electrons. The Labute approximate surface area is 114 Å². The first-order chi connectivity index (χ1) is 9.15. The summed E-state index contributed by atoms with van der Waals surface area (Å²) in [5.41, 5.74) is 1.83. The smallest absolute Gasteiger partial charge is 0.209 e. The number of fused-ring (bicyclic) bond motifs is 1. The molecule has 0 aliphatic carbocycles. The number of benzene rings is 1. The summed E-state index contributed by atoms with van der Waals surface area (Å²) in [7, 11) is 0. The molecule has 19 heavy (non-hydrogen) atoms. The zero-order chi connectivity index (χ0) is 13.4. The van der Waals surface area contributed by atoms with Gasteiger partial charge in [-0.2, -0.15) is 0 Å². The minimum Gasteiger partial charge on any atom is -0.314 e. The molecule has 2 aromatic heterocycles. The van der Waals surface area contributed by atoms with Crippen molar-refractivity contribution in [3.63, 3.8) is 0 Å². The number of carbonyl (C=O) groups excluding carboxylic acids is 1. The maximum absolute atomic E-state index is 12.9. The molecular weight excluding hydrogens is 265 g/mol. The number of aromatic nitrogens is 1. The zero-order valence-electron chi connectivity index (χ0n) is 9.81. The van der Waals surface area contributed by atoms with Crippen LogP contribution in [0, 0.1) is 5.82 Å². The van der Waals surface area contributed by atoms with Gasteiger partial charge in [0.25, 0.3) is 0 Å². The van der Waals surface area contributed by atoms with Gasteiger partial charge in [0.1, 0.15) is 5.82 Å². The van der Waals surface area contributed by atoms with Crippen LogP contribution in [0.25, 0.3) is 5.52 Å². The van der Waals surface area contributed by atoms with Crippen molar-refractivity contribution < 1.29 is 9.18 Å². The van der Waals surface area contributed by atoms with Crippen LogP contribution in [0.1, 0.15) is 16.1 Å². The molecule has 0 radical (unpaired) electrons. The number of ketones is 1. The van der Waals surface area contributed by atoms with E-state index < -0.39 is 0 Å². The Morgan fingerprint density at radius 3 is 2.53 bits per heavy atom. The third kappa shape index (κ3) is 2.13. The summed E-state index contributed by atoms with van der Waals surface area (Å²) in [6, 6.07) is 12.6. The summed E-state index contributed by atoms with van der Waals surface area (Å²) in [5.74, 6) is -0.509. The quantitative estimate of drug-likeness (QED) is 0.648. The lowest BCUT2D eigenvalue weighted by molar-refractivity contribution is 0.103. The second-order valence-corrected chi connectivity index (χ2v) is 4.63. The van der Waals surface area contributed by atoms with E-state index in [1.807, 2.05) is 6.07 Å². The summed E-state index contributed by atoms with van der Waals surface area (Å²) in [5, 5.41) is 0.617. The van der Waals surface area contributed by atoms with Crippen molar-refractivity contribution in [2.45, 2.75) is 0 Å². The second kappa shape index (κ2) is 4.52. The van der Waals surface area contributed by atoms with E-state index >= 15 is 0 Å². The standard InChI is InChI=1S/C15H9ClFNO/c16-11-7-8-18-13(9-11)5-6-14(18)15(19)10-1-3-12(17)4-2-10/h1-9H. The molecule has 3 rings (SSSR count). The number of nitrogens with zero attached hydrogens (tertiary/aromatic N) is 1. The Hall–Kier alpha value is -2.13. The Balaban J connectivity index is 2.09. The fraction of sp³-hybridized carbons (Fsp3) is 0. The number of pyridine rings is 1. The maximum Gasteiger partial charge on any atom is 0.209 e. The molecular formula is C15H9ClFNO. The predicted octanol–water partition coefficient (Wildman–Crippen LogP) is 3.96. The molecule has 0 N–H and O–H groups in total. The molecule has 0 bridgehead atoms. The van der Waals surface area contributed by atoms with Crippen molar-refractivity contribution in [3.8, 4) is 0 Å². The minimum atomic E-state index is -0.358. The molecule has 2 nitrogen and oxygen atoms in total. The van der Waals surface area contributed by atoms with Crippen molar-refractivity contribution in [2.75, 3.05) is 0 Å². The average molecular weight is 274 g/mol. The monoisotopic (exact) mass is 273 g/mol. The number of hydrogen-bond donors (Lipinski definition) is 0. The lowest BCUT2D eigenvalue weighted by Gasteiger charge is -2.03. The lowest BCUT2D eigenvalue weighted by Crippen LogP contribution is -2.05. The molecule has 0 fully saturated rings. The van der Waals surface area contributed by atoms with Crippen LogP contribution in [0.5, 0.6) is 0 Å². The number of halogens is 2. The Bertz CT molecular complexity index is 761. The van der Waals surface area contributed by atoms with E-state index in [1.165, 1.54) is 24.3 Å². The van der Waals surface area contributed by atoms with Crippen LogP contribution in [-0.2, 0) is 0 Å². The molecule has 0 saturated heterocycles. The summed E-state index contributed by atoms with van der Waals surface area (Å²) >= 11 is 5.90. The average Bonchev–Trinajstić information content (AvgIpc) is 2.81. The van der Waals surface area contributed by atoms with E-state index in [2.05, 4.69) is 0 Å². The predicted molar refractivity (Wildman–Crippen MR) is 72.2 cm³/mol. The Kier molecular flexibility index (Phi) is 2.84. The number of carbonyl (C=O) groups is 1. The van der Waals surface area contributed by atoms with Crippen molar-refractivity contribution in [3.05, 3.63) is 76.8 Å². The lowest BCUT2D eigenvalue weighted by atomic mass is 10.1. The second-order valence-electron chi connectivity index (χ2n) is 4.19. The number of rotatable bonds is 2. The molecule has 4 heteroatoms. The molecule has 1 aromatic carbocycles. The highest BCUT2D eigenvalue weighted by Crippen LogP contribution is 2.18. The maximum atomic E-state index is 12.9. The van der Waals surface area contributed by atoms with Gasteiger partial charge >= 0.3 is 0 Å². The van der Waals surface area contributed by atoms with Gasteiger partial charge in [-0.1, -0.05) is 11.6 Å². The summed E-state index contributed by atoms with van der Waals surface area (Å²) in [6.07, 6.45) is 1.74. The molecule has 0 unspecified atom stereocenters. The van der Waals surface area contributed by atoms with Crippen LogP contribution in [0.15, 0.2) is 54.7 Å². The minimum absolute atomic E-state index is 0.151. The first kappa shape index (κ1) is 11.9. The first-order valence-corrected chi connectivity index (χ1v) is 6.10. The molecule has 0 aliphatic rings. The largest absolute Gasteiger partial charge is 0.314 e. The summed E-state index contributed by atoms with van der Waals surface area (Å²) in [4.78, 5) is 12.3. The highest BCUT2D eigenvalue weighted by atomic mass is 35.5. The first-order valence-electron chi connectivity index (χ1n) is 5.72. The van der Waals surface area contributed by atoms with Gasteiger partial charge in [0.05, 0.1) is 5.69 Å². The van der Waals surface area contributed by atoms with Gasteiger partial charge < -0.3 is 4.40 Å². The van der Waals surface area contributed by atoms with Gasteiger partial charge in [0.15, 0.2) is 0 Å². The molecule has 2 heterocycles. The van der Waals surface area contributed by atoms with Crippen LogP contribution in [0.3, 0.4) is 0 Å². The van der Waals surface area contributed by atoms with Crippen LogP contribution in [0.2, 0.25) is 5.02 Å². The normalized spacial score (nSPS) is 10.8. The van der Waals surface area contributed by atoms with E-state index in [0.29, 0.717) is 16.3 Å². The van der Waals surface area contributed by atoms with Crippen LogP contribution < -0.4 is 0 Å². The van der Waals surface area contributed by atoms with Gasteiger partial charge in [-0.15, -0.1) is 0 Å². The van der Waals surface area contributed by atoms with E-state index in [9.17, 15) is 9.18 Å². The van der Waals surface area contributed by atoms with Crippen molar-refractivity contribution in [1.29, 1.82) is 0 Å². The van der Waals surface area contributed by atoms with Crippen molar-refractivity contribution in [1.82, 2.24) is 4.40 Å². The summed E-state index contributed by atoms with van der Waals surface area (Å²) < 4.78 is 14.6. The van der Waals surface area contributed by atoms with Crippen LogP contribution in [-0.4, -0.2) is 10.2 Å². The van der Waals surface area contributed by atoms with E-state index in [0.717, 1.165) is 5.52 Å². The molecule has 0 amide bonds. The topological polar surface area (TPSA) is 21.5 Å². The molecule has 0 saturated carbocycles. The zero-order valence-corrected chi connectivity index (χ0v) is 10.6. The third-order valence-corrected chi connectivity index (χ3v) is 3.19.